The van der Waals surface area contributed by atoms with Gasteiger partial charge in [0, 0.05) is 23.4 Å². The number of nitrogens with one attached hydrogen (secondary N) is 1. The Balaban J connectivity index is 0.00000200. The van der Waals surface area contributed by atoms with Crippen molar-refractivity contribution in [3.05, 3.63) is 17.0 Å². The Morgan fingerprint density at radius 2 is 2.00 bits per heavy atom. The van der Waals surface area contributed by atoms with Crippen molar-refractivity contribution in [1.29, 1.82) is 0 Å². The zero-order valence-electron chi connectivity index (χ0n) is 10.7. The Morgan fingerprint density at radius 3 is 2.60 bits per heavy atom. The summed E-state index contributed by atoms with van der Waals surface area (Å²) >= 11 is 2.80. The van der Waals surface area contributed by atoms with Crippen LogP contribution in [0.2, 0.25) is 0 Å². The zero-order chi connectivity index (χ0) is 13.9. The van der Waals surface area contributed by atoms with Crippen LogP contribution in [0.1, 0.15) is 17.7 Å². The highest BCUT2D eigenvalue weighted by Crippen LogP contribution is 2.35. The molecule has 20 heavy (non-hydrogen) atoms. The molecule has 2 aromatic heterocycles. The maximum atomic E-state index is 11.2. The summed E-state index contributed by atoms with van der Waals surface area (Å²) in [6.45, 7) is 1.86. The summed E-state index contributed by atoms with van der Waals surface area (Å²) in [5.74, 6) is 0. The van der Waals surface area contributed by atoms with E-state index in [1.165, 1.54) is 16.2 Å². The number of halogens is 1. The molecule has 0 aromatic carbocycles. The van der Waals surface area contributed by atoms with Gasteiger partial charge in [0.05, 0.1) is 4.01 Å². The molecule has 114 valence electrons. The minimum absolute atomic E-state index is 0. The standard InChI is InChI=1S/C11H16N2O3S3.ClH/c12-19(15,16)10-6-8-5-9(17-11(8)18-10)7-13-3-1-2-4-14;/h5-6,13-14H,1-4,7H2,(H2,12,15,16);1H. The van der Waals surface area contributed by atoms with E-state index in [2.05, 4.69) is 5.32 Å². The molecular weight excluding hydrogens is 340 g/mol. The van der Waals surface area contributed by atoms with Crippen LogP contribution in [0.25, 0.3) is 9.40 Å². The first-order valence-electron chi connectivity index (χ1n) is 5.87. The van der Waals surface area contributed by atoms with E-state index in [1.54, 1.807) is 17.4 Å². The smallest absolute Gasteiger partial charge is 0.247 e. The molecular formula is C11H17ClN2O3S3. The first kappa shape index (κ1) is 17.8. The number of sulfonamides is 1. The van der Waals surface area contributed by atoms with Gasteiger partial charge < -0.3 is 10.4 Å². The average Bonchev–Trinajstić information content (AvgIpc) is 2.85. The molecule has 9 heteroatoms. The first-order chi connectivity index (χ1) is 9.00. The average molecular weight is 357 g/mol. The minimum Gasteiger partial charge on any atom is -0.396 e. The Kier molecular flexibility index (Phi) is 6.86. The van der Waals surface area contributed by atoms with Gasteiger partial charge in [0.15, 0.2) is 0 Å². The van der Waals surface area contributed by atoms with Crippen molar-refractivity contribution in [2.24, 2.45) is 5.14 Å². The highest BCUT2D eigenvalue weighted by molar-refractivity contribution is 7.91. The monoisotopic (exact) mass is 356 g/mol. The lowest BCUT2D eigenvalue weighted by Gasteiger charge is -2.01. The van der Waals surface area contributed by atoms with Gasteiger partial charge in [-0.2, -0.15) is 0 Å². The second kappa shape index (κ2) is 7.69. The van der Waals surface area contributed by atoms with Crippen LogP contribution in [0.5, 0.6) is 0 Å². The minimum atomic E-state index is -3.59. The quantitative estimate of drug-likeness (QED) is 0.660. The van der Waals surface area contributed by atoms with Gasteiger partial charge in [0.2, 0.25) is 10.0 Å². The van der Waals surface area contributed by atoms with E-state index in [4.69, 9.17) is 10.2 Å². The van der Waals surface area contributed by atoms with Gasteiger partial charge in [-0.15, -0.1) is 35.1 Å². The van der Waals surface area contributed by atoms with Gasteiger partial charge in [0.1, 0.15) is 4.21 Å². The number of rotatable bonds is 7. The van der Waals surface area contributed by atoms with Gasteiger partial charge in [0.25, 0.3) is 0 Å². The molecule has 0 bridgehead atoms. The van der Waals surface area contributed by atoms with E-state index >= 15 is 0 Å². The fraction of sp³-hybridized carbons (Fsp3) is 0.455. The van der Waals surface area contributed by atoms with Crippen LogP contribution in [0, 0.1) is 0 Å². The number of aliphatic hydroxyl groups excluding tert-OH is 1. The highest BCUT2D eigenvalue weighted by Gasteiger charge is 2.14. The van der Waals surface area contributed by atoms with E-state index < -0.39 is 10.0 Å². The van der Waals surface area contributed by atoms with Crippen molar-refractivity contribution in [1.82, 2.24) is 5.32 Å². The van der Waals surface area contributed by atoms with Gasteiger partial charge >= 0.3 is 0 Å². The number of unbranched alkanes of at least 4 members (excludes halogenated alkanes) is 1. The largest absolute Gasteiger partial charge is 0.396 e. The number of hydrogen-bond donors (Lipinski definition) is 3. The number of hydrogen-bond acceptors (Lipinski definition) is 6. The van der Waals surface area contributed by atoms with Crippen molar-refractivity contribution in [3.8, 4) is 0 Å². The van der Waals surface area contributed by atoms with Crippen LogP contribution >= 0.6 is 35.1 Å². The number of aliphatic hydroxyl groups is 1. The molecule has 0 radical (unpaired) electrons. The van der Waals surface area contributed by atoms with E-state index in [0.29, 0.717) is 0 Å². The Morgan fingerprint density at radius 1 is 1.25 bits per heavy atom. The lowest BCUT2D eigenvalue weighted by Crippen LogP contribution is -2.14. The third-order valence-corrected chi connectivity index (χ3v) is 6.40. The predicted octanol–water partition coefficient (Wildman–Crippen LogP) is 1.89. The second-order valence-electron chi connectivity index (χ2n) is 4.17. The predicted molar refractivity (Wildman–Crippen MR) is 86.3 cm³/mol. The van der Waals surface area contributed by atoms with E-state index in [0.717, 1.165) is 35.3 Å². The normalized spacial score (nSPS) is 11.7. The van der Waals surface area contributed by atoms with E-state index in [9.17, 15) is 8.42 Å². The summed E-state index contributed by atoms with van der Waals surface area (Å²) in [6, 6.07) is 3.62. The molecule has 0 atom stereocenters. The first-order valence-corrected chi connectivity index (χ1v) is 9.05. The van der Waals surface area contributed by atoms with Gasteiger partial charge in [-0.3, -0.25) is 0 Å². The fourth-order valence-corrected chi connectivity index (χ4v) is 5.03. The number of thiophene rings is 2. The summed E-state index contributed by atoms with van der Waals surface area (Å²) in [4.78, 5) is 1.17. The van der Waals surface area contributed by atoms with E-state index in [1.807, 2.05) is 6.07 Å². The fourth-order valence-electron chi connectivity index (χ4n) is 1.67. The molecule has 0 fully saturated rings. The van der Waals surface area contributed by atoms with Crippen LogP contribution in [-0.2, 0) is 16.6 Å². The number of primary sulfonamides is 1. The maximum Gasteiger partial charge on any atom is 0.247 e. The van der Waals surface area contributed by atoms with Crippen LogP contribution in [0.3, 0.4) is 0 Å². The molecule has 0 amide bonds. The third-order valence-electron chi connectivity index (χ3n) is 2.58. The lowest BCUT2D eigenvalue weighted by atomic mass is 10.3. The van der Waals surface area contributed by atoms with Gasteiger partial charge in [-0.1, -0.05) is 0 Å². The van der Waals surface area contributed by atoms with Crippen molar-refractivity contribution in [3.63, 3.8) is 0 Å². The van der Waals surface area contributed by atoms with E-state index in [-0.39, 0.29) is 23.2 Å². The summed E-state index contributed by atoms with van der Waals surface area (Å²) in [6.07, 6.45) is 1.76. The van der Waals surface area contributed by atoms with Crippen molar-refractivity contribution in [2.75, 3.05) is 13.2 Å². The molecule has 0 aliphatic heterocycles. The molecule has 0 aliphatic carbocycles. The van der Waals surface area contributed by atoms with Gasteiger partial charge in [-0.05, 0) is 31.5 Å². The summed E-state index contributed by atoms with van der Waals surface area (Å²) in [5, 5.41) is 18.0. The topological polar surface area (TPSA) is 92.4 Å². The second-order valence-corrected chi connectivity index (χ2v) is 8.41. The Bertz CT molecular complexity index is 619. The van der Waals surface area contributed by atoms with Crippen LogP contribution < -0.4 is 10.5 Å². The molecule has 2 heterocycles. The van der Waals surface area contributed by atoms with Gasteiger partial charge in [-0.25, -0.2) is 13.6 Å². The molecule has 0 unspecified atom stereocenters. The summed E-state index contributed by atoms with van der Waals surface area (Å²) < 4.78 is 23.6. The molecule has 2 rings (SSSR count). The molecule has 0 saturated carbocycles. The van der Waals surface area contributed by atoms with Crippen LogP contribution in [0.4, 0.5) is 0 Å². The molecule has 2 aromatic rings. The molecule has 5 nitrogen and oxygen atoms in total. The molecule has 4 N–H and O–H groups in total. The summed E-state index contributed by atoms with van der Waals surface area (Å²) in [7, 11) is -3.59. The zero-order valence-corrected chi connectivity index (χ0v) is 13.9. The summed E-state index contributed by atoms with van der Waals surface area (Å²) in [5.41, 5.74) is 0. The van der Waals surface area contributed by atoms with Crippen LogP contribution in [-0.4, -0.2) is 26.7 Å². The Hall–Kier alpha value is -0.220. The molecule has 0 saturated heterocycles. The van der Waals surface area contributed by atoms with Crippen molar-refractivity contribution < 1.29 is 13.5 Å². The third kappa shape index (κ3) is 4.66. The van der Waals surface area contributed by atoms with Crippen molar-refractivity contribution in [2.45, 2.75) is 23.6 Å². The highest BCUT2D eigenvalue weighted by atomic mass is 35.5. The van der Waals surface area contributed by atoms with Crippen molar-refractivity contribution >= 4 is 54.5 Å². The molecule has 0 aliphatic rings. The maximum absolute atomic E-state index is 11.2. The molecule has 0 spiro atoms. The van der Waals surface area contributed by atoms with Crippen LogP contribution in [0.15, 0.2) is 16.3 Å². The Labute approximate surface area is 132 Å². The number of fused-ring (bicyclic) bond motifs is 1. The SMILES string of the molecule is Cl.NS(=O)(=O)c1cc2cc(CNCCCCO)sc2s1. The number of nitrogens with two attached hydrogens (primary N) is 1. The lowest BCUT2D eigenvalue weighted by molar-refractivity contribution is 0.283.